The van der Waals surface area contributed by atoms with Crippen molar-refractivity contribution in [2.24, 2.45) is 11.3 Å². The summed E-state index contributed by atoms with van der Waals surface area (Å²) in [6.07, 6.45) is 3.07. The molecule has 2 aliphatic carbocycles. The number of benzene rings is 1. The van der Waals surface area contributed by atoms with Crippen LogP contribution in [-0.4, -0.2) is 25.9 Å². The molecule has 130 valence electrons. The smallest absolute Gasteiger partial charge is 0.160 e. The third-order valence-electron chi connectivity index (χ3n) is 5.42. The minimum absolute atomic E-state index is 0.0879. The summed E-state index contributed by atoms with van der Waals surface area (Å²) >= 11 is 0. The number of ether oxygens (including phenoxy) is 2. The lowest BCUT2D eigenvalue weighted by Crippen LogP contribution is -2.29. The largest absolute Gasteiger partial charge is 0.497 e. The van der Waals surface area contributed by atoms with E-state index in [4.69, 9.17) is 9.47 Å². The Labute approximate surface area is 147 Å². The third kappa shape index (κ3) is 3.18. The van der Waals surface area contributed by atoms with Gasteiger partial charge in [0, 0.05) is 11.6 Å². The number of hydrogen-bond acceptors (Lipinski definition) is 5. The van der Waals surface area contributed by atoms with Crippen molar-refractivity contribution in [3.8, 4) is 17.6 Å². The molecule has 5 heteroatoms. The molecule has 5 nitrogen and oxygen atoms in total. The van der Waals surface area contributed by atoms with E-state index in [1.807, 2.05) is 18.1 Å². The highest BCUT2D eigenvalue weighted by Crippen LogP contribution is 2.51. The second kappa shape index (κ2) is 6.74. The zero-order chi connectivity index (χ0) is 18.0. The Bertz CT molecular complexity index is 759. The van der Waals surface area contributed by atoms with E-state index >= 15 is 0 Å². The molecule has 0 heterocycles. The molecule has 0 aromatic heterocycles. The second-order valence-electron chi connectivity index (χ2n) is 6.86. The van der Waals surface area contributed by atoms with Gasteiger partial charge in [-0.2, -0.15) is 5.26 Å². The van der Waals surface area contributed by atoms with Crippen molar-refractivity contribution in [2.75, 3.05) is 14.2 Å². The first-order valence-corrected chi connectivity index (χ1v) is 8.49. The fourth-order valence-corrected chi connectivity index (χ4v) is 3.68. The SMILES string of the molecule is COc1cc(OC)cc(C2CCC(C(=O)C3(C#N)CC3)C(=C=O)C2)c1. The quantitative estimate of drug-likeness (QED) is 0.770. The molecule has 0 saturated heterocycles. The second-order valence-corrected chi connectivity index (χ2v) is 6.86. The maximum Gasteiger partial charge on any atom is 0.160 e. The summed E-state index contributed by atoms with van der Waals surface area (Å²) in [7, 11) is 3.20. The molecule has 1 aromatic carbocycles. The molecule has 0 N–H and O–H groups in total. The number of rotatable bonds is 5. The molecule has 0 aliphatic heterocycles. The summed E-state index contributed by atoms with van der Waals surface area (Å²) < 4.78 is 10.6. The summed E-state index contributed by atoms with van der Waals surface area (Å²) in [4.78, 5) is 24.2. The molecule has 2 atom stereocenters. The highest BCUT2D eigenvalue weighted by Gasteiger charge is 2.53. The van der Waals surface area contributed by atoms with E-state index in [1.54, 1.807) is 20.3 Å². The number of nitrogens with zero attached hydrogens (tertiary/aromatic N) is 1. The van der Waals surface area contributed by atoms with E-state index in [0.29, 0.717) is 42.8 Å². The number of carbonyl (C=O) groups is 1. The van der Waals surface area contributed by atoms with Crippen molar-refractivity contribution >= 4 is 11.7 Å². The summed E-state index contributed by atoms with van der Waals surface area (Å²) in [6.45, 7) is 0. The number of methoxy groups -OCH3 is 2. The molecular weight excluding hydrogens is 318 g/mol. The van der Waals surface area contributed by atoms with Gasteiger partial charge in [-0.1, -0.05) is 0 Å². The minimum Gasteiger partial charge on any atom is -0.497 e. The van der Waals surface area contributed by atoms with Crippen LogP contribution < -0.4 is 9.47 Å². The van der Waals surface area contributed by atoms with Crippen molar-refractivity contribution < 1.29 is 19.1 Å². The van der Waals surface area contributed by atoms with Gasteiger partial charge in [0.1, 0.15) is 22.9 Å². The highest BCUT2D eigenvalue weighted by atomic mass is 16.5. The van der Waals surface area contributed by atoms with Crippen molar-refractivity contribution in [2.45, 2.75) is 38.0 Å². The van der Waals surface area contributed by atoms with Gasteiger partial charge >= 0.3 is 0 Å². The molecule has 1 aromatic rings. The van der Waals surface area contributed by atoms with Crippen LogP contribution in [0.3, 0.4) is 0 Å². The normalized spacial score (nSPS) is 24.0. The zero-order valence-electron chi connectivity index (χ0n) is 14.5. The van der Waals surface area contributed by atoms with Gasteiger partial charge in [-0.3, -0.25) is 4.79 Å². The maximum atomic E-state index is 12.7. The van der Waals surface area contributed by atoms with Crippen LogP contribution in [0.2, 0.25) is 0 Å². The van der Waals surface area contributed by atoms with E-state index in [-0.39, 0.29) is 11.7 Å². The number of ketones is 1. The average molecular weight is 339 g/mol. The molecular formula is C20H21NO4. The Hall–Kier alpha value is -2.57. The minimum atomic E-state index is -0.848. The van der Waals surface area contributed by atoms with Crippen LogP contribution in [0.1, 0.15) is 43.6 Å². The number of Topliss-reactive ketones (excluding diaryl/α,β-unsaturated/α-hetero) is 1. The predicted octanol–water partition coefficient (Wildman–Crippen LogP) is 3.22. The highest BCUT2D eigenvalue weighted by molar-refractivity contribution is 5.95. The van der Waals surface area contributed by atoms with Gasteiger partial charge in [-0.25, -0.2) is 4.79 Å². The third-order valence-corrected chi connectivity index (χ3v) is 5.42. The molecule has 2 aliphatic rings. The summed E-state index contributed by atoms with van der Waals surface area (Å²) in [5, 5.41) is 9.26. The Kier molecular flexibility index (Phi) is 4.65. The van der Waals surface area contributed by atoms with Gasteiger partial charge < -0.3 is 9.47 Å². The Morgan fingerprint density at radius 1 is 1.16 bits per heavy atom. The zero-order valence-corrected chi connectivity index (χ0v) is 14.5. The molecule has 0 spiro atoms. The first-order valence-electron chi connectivity index (χ1n) is 8.49. The topological polar surface area (TPSA) is 76.4 Å². The van der Waals surface area contributed by atoms with Gasteiger partial charge in [-0.05, 0) is 55.7 Å². The fraction of sp³-hybridized carbons (Fsp3) is 0.500. The number of nitriles is 1. The lowest BCUT2D eigenvalue weighted by atomic mass is 9.72. The predicted molar refractivity (Wildman–Crippen MR) is 91.1 cm³/mol. The molecule has 3 rings (SSSR count). The summed E-state index contributed by atoms with van der Waals surface area (Å²) in [6, 6.07) is 7.83. The first-order chi connectivity index (χ1) is 12.1. The van der Waals surface area contributed by atoms with Crippen LogP contribution in [0.15, 0.2) is 23.8 Å². The lowest BCUT2D eigenvalue weighted by Gasteiger charge is -2.30. The van der Waals surface area contributed by atoms with Crippen molar-refractivity contribution in [3.05, 3.63) is 29.3 Å². The molecule has 2 unspecified atom stereocenters. The molecule has 25 heavy (non-hydrogen) atoms. The summed E-state index contributed by atoms with van der Waals surface area (Å²) in [5.41, 5.74) is 0.666. The Morgan fingerprint density at radius 3 is 2.28 bits per heavy atom. The fourth-order valence-electron chi connectivity index (χ4n) is 3.68. The molecule has 2 saturated carbocycles. The van der Waals surface area contributed by atoms with E-state index in [1.165, 1.54) is 0 Å². The first kappa shape index (κ1) is 17.3. The van der Waals surface area contributed by atoms with Crippen LogP contribution in [0.25, 0.3) is 0 Å². The standard InChI is InChI=1S/C20H21NO4/c1-24-16-8-14(9-17(10-16)25-2)13-3-4-18(15(7-13)11-22)19(23)20(12-21)5-6-20/h8-10,13,18H,3-7H2,1-2H3. The molecule has 0 bridgehead atoms. The van der Waals surface area contributed by atoms with Crippen molar-refractivity contribution in [3.63, 3.8) is 0 Å². The monoisotopic (exact) mass is 339 g/mol. The van der Waals surface area contributed by atoms with Gasteiger partial charge in [0.2, 0.25) is 0 Å². The Morgan fingerprint density at radius 2 is 1.80 bits per heavy atom. The van der Waals surface area contributed by atoms with Crippen LogP contribution in [0.4, 0.5) is 0 Å². The molecule has 2 fully saturated rings. The van der Waals surface area contributed by atoms with Crippen LogP contribution in [-0.2, 0) is 9.59 Å². The summed E-state index contributed by atoms with van der Waals surface area (Å²) in [5.74, 6) is 2.96. The van der Waals surface area contributed by atoms with Gasteiger partial charge in [-0.15, -0.1) is 0 Å². The van der Waals surface area contributed by atoms with Gasteiger partial charge in [0.25, 0.3) is 0 Å². The van der Waals surface area contributed by atoms with Crippen molar-refractivity contribution in [1.29, 1.82) is 5.26 Å². The van der Waals surface area contributed by atoms with Gasteiger partial charge in [0.15, 0.2) is 5.78 Å². The van der Waals surface area contributed by atoms with E-state index in [9.17, 15) is 14.9 Å². The van der Waals surface area contributed by atoms with Gasteiger partial charge in [0.05, 0.1) is 26.2 Å². The van der Waals surface area contributed by atoms with Crippen LogP contribution >= 0.6 is 0 Å². The number of allylic oxidation sites excluding steroid dienone is 1. The average Bonchev–Trinajstić information content (AvgIpc) is 3.47. The number of carbonyl (C=O) groups excluding carboxylic acids is 2. The van der Waals surface area contributed by atoms with Crippen molar-refractivity contribution in [1.82, 2.24) is 0 Å². The maximum absolute atomic E-state index is 12.7. The van der Waals surface area contributed by atoms with Crippen LogP contribution in [0, 0.1) is 22.7 Å². The van der Waals surface area contributed by atoms with E-state index in [2.05, 4.69) is 6.07 Å². The van der Waals surface area contributed by atoms with Crippen LogP contribution in [0.5, 0.6) is 11.5 Å². The molecule has 0 amide bonds. The lowest BCUT2D eigenvalue weighted by molar-refractivity contribution is -0.125. The molecule has 0 radical (unpaired) electrons. The Balaban J connectivity index is 1.82. The van der Waals surface area contributed by atoms with E-state index < -0.39 is 11.3 Å². The van der Waals surface area contributed by atoms with E-state index in [0.717, 1.165) is 12.0 Å². The number of hydrogen-bond donors (Lipinski definition) is 0.